The molecule has 1 atom stereocenters. The van der Waals surface area contributed by atoms with Crippen molar-refractivity contribution in [3.8, 4) is 17.2 Å². The Bertz CT molecular complexity index is 1250. The lowest BCUT2D eigenvalue weighted by atomic mass is 10.2. The van der Waals surface area contributed by atoms with Crippen LogP contribution in [0.25, 0.3) is 0 Å². The zero-order chi connectivity index (χ0) is 25.4. The van der Waals surface area contributed by atoms with E-state index < -0.39 is 18.0 Å². The van der Waals surface area contributed by atoms with E-state index in [-0.39, 0.29) is 16.3 Å². The fourth-order valence-electron chi connectivity index (χ4n) is 2.83. The predicted octanol–water partition coefficient (Wildman–Crippen LogP) is 6.18. The number of rotatable bonds is 9. The molecule has 182 valence electrons. The molecule has 1 amide bonds. The van der Waals surface area contributed by atoms with Crippen LogP contribution in [-0.2, 0) is 4.79 Å². The molecule has 0 radical (unpaired) electrons. The van der Waals surface area contributed by atoms with E-state index in [4.69, 9.17) is 49.0 Å². The molecule has 0 aliphatic carbocycles. The number of amides is 1. The highest BCUT2D eigenvalue weighted by Crippen LogP contribution is 2.30. The van der Waals surface area contributed by atoms with Gasteiger partial charge >= 0.3 is 5.97 Å². The topological polar surface area (TPSA) is 86.2 Å². The van der Waals surface area contributed by atoms with Gasteiger partial charge in [-0.3, -0.25) is 4.79 Å². The number of nitrogens with zero attached hydrogens (tertiary/aromatic N) is 1. The third-order valence-corrected chi connectivity index (χ3v) is 5.27. The minimum absolute atomic E-state index is 0.168. The summed E-state index contributed by atoms with van der Waals surface area (Å²) < 4.78 is 16.6. The van der Waals surface area contributed by atoms with Crippen molar-refractivity contribution in [2.24, 2.45) is 5.10 Å². The van der Waals surface area contributed by atoms with Gasteiger partial charge in [0.15, 0.2) is 17.6 Å². The van der Waals surface area contributed by atoms with Crippen molar-refractivity contribution in [1.82, 2.24) is 5.43 Å². The molecule has 3 rings (SSSR count). The summed E-state index contributed by atoms with van der Waals surface area (Å²) in [6.45, 7) is 3.72. The molecule has 1 N–H and O–H groups in total. The summed E-state index contributed by atoms with van der Waals surface area (Å²) in [6.07, 6.45) is 0.625. The maximum absolute atomic E-state index is 12.5. The van der Waals surface area contributed by atoms with Crippen molar-refractivity contribution in [2.75, 3.05) is 6.61 Å². The van der Waals surface area contributed by atoms with E-state index in [1.807, 2.05) is 0 Å². The van der Waals surface area contributed by atoms with E-state index in [0.29, 0.717) is 33.7 Å². The monoisotopic (exact) mass is 534 g/mol. The molecule has 0 aromatic heterocycles. The number of hydrazone groups is 1. The van der Waals surface area contributed by atoms with Gasteiger partial charge in [0, 0.05) is 10.0 Å². The van der Waals surface area contributed by atoms with Crippen LogP contribution in [0.1, 0.15) is 29.8 Å². The number of hydrogen-bond acceptors (Lipinski definition) is 6. The van der Waals surface area contributed by atoms with Crippen LogP contribution in [0.2, 0.25) is 15.1 Å². The first-order chi connectivity index (χ1) is 16.8. The Morgan fingerprint density at radius 3 is 2.49 bits per heavy atom. The second-order valence-corrected chi connectivity index (χ2v) is 8.38. The van der Waals surface area contributed by atoms with Crippen LogP contribution in [-0.4, -0.2) is 30.8 Å². The van der Waals surface area contributed by atoms with E-state index in [1.165, 1.54) is 18.3 Å². The van der Waals surface area contributed by atoms with Gasteiger partial charge in [-0.25, -0.2) is 10.2 Å². The van der Waals surface area contributed by atoms with Gasteiger partial charge in [-0.1, -0.05) is 40.9 Å². The van der Waals surface area contributed by atoms with E-state index in [9.17, 15) is 9.59 Å². The van der Waals surface area contributed by atoms with Crippen molar-refractivity contribution >= 4 is 52.9 Å². The fraction of sp³-hybridized carbons (Fsp3) is 0.160. The van der Waals surface area contributed by atoms with Gasteiger partial charge in [0.05, 0.1) is 23.4 Å². The van der Waals surface area contributed by atoms with Gasteiger partial charge in [-0.05, 0) is 74.0 Å². The molecular formula is C25H21Cl3N2O5. The van der Waals surface area contributed by atoms with Crippen molar-refractivity contribution in [2.45, 2.75) is 20.0 Å². The highest BCUT2D eigenvalue weighted by atomic mass is 35.5. The number of halogens is 3. The highest BCUT2D eigenvalue weighted by Gasteiger charge is 2.17. The van der Waals surface area contributed by atoms with Gasteiger partial charge in [-0.15, -0.1) is 0 Å². The number of carbonyl (C=O) groups is 2. The lowest BCUT2D eigenvalue weighted by Gasteiger charge is -2.13. The maximum atomic E-state index is 12.5. The minimum Gasteiger partial charge on any atom is -0.490 e. The first kappa shape index (κ1) is 26.3. The van der Waals surface area contributed by atoms with Gasteiger partial charge in [0.2, 0.25) is 0 Å². The van der Waals surface area contributed by atoms with E-state index in [1.54, 1.807) is 62.4 Å². The summed E-state index contributed by atoms with van der Waals surface area (Å²) in [6, 6.07) is 16.0. The number of nitrogens with one attached hydrogen (secondary N) is 1. The number of carbonyl (C=O) groups excluding carboxylic acids is 2. The van der Waals surface area contributed by atoms with E-state index in [2.05, 4.69) is 10.5 Å². The average molecular weight is 536 g/mol. The van der Waals surface area contributed by atoms with Crippen LogP contribution < -0.4 is 19.6 Å². The molecule has 0 spiro atoms. The summed E-state index contributed by atoms with van der Waals surface area (Å²) in [5.74, 6) is -0.117. The molecule has 3 aromatic carbocycles. The molecule has 0 unspecified atom stereocenters. The minimum atomic E-state index is -0.800. The number of ether oxygens (including phenoxy) is 3. The fourth-order valence-corrected chi connectivity index (χ4v) is 3.49. The Morgan fingerprint density at radius 1 is 1.00 bits per heavy atom. The zero-order valence-corrected chi connectivity index (χ0v) is 21.0. The van der Waals surface area contributed by atoms with Crippen LogP contribution >= 0.6 is 34.8 Å². The molecule has 0 aliphatic heterocycles. The van der Waals surface area contributed by atoms with E-state index >= 15 is 0 Å². The number of esters is 1. The van der Waals surface area contributed by atoms with Crippen molar-refractivity contribution in [3.05, 3.63) is 86.9 Å². The third kappa shape index (κ3) is 7.62. The summed E-state index contributed by atoms with van der Waals surface area (Å²) >= 11 is 17.9. The van der Waals surface area contributed by atoms with Crippen molar-refractivity contribution in [3.63, 3.8) is 0 Å². The summed E-state index contributed by atoms with van der Waals surface area (Å²) in [5.41, 5.74) is 3.18. The largest absolute Gasteiger partial charge is 0.490 e. The second-order valence-electron chi connectivity index (χ2n) is 7.10. The summed E-state index contributed by atoms with van der Waals surface area (Å²) in [5, 5.41) is 5.04. The quantitative estimate of drug-likeness (QED) is 0.153. The SMILES string of the molecule is CCOc1cc(/C=N\NC(=O)[C@@H](C)Oc2cccc(Cl)c2)ccc1OC(=O)c1ccc(Cl)cc1Cl. The first-order valence-electron chi connectivity index (χ1n) is 10.5. The predicted molar refractivity (Wildman–Crippen MR) is 136 cm³/mol. The molecule has 0 aliphatic rings. The molecule has 0 fully saturated rings. The Morgan fingerprint density at radius 2 is 1.77 bits per heavy atom. The standard InChI is InChI=1S/C25H21Cl3N2O5/c1-3-33-23-11-16(7-10-22(23)35-25(32)20-9-8-18(27)13-21(20)28)14-29-30-24(31)15(2)34-19-6-4-5-17(26)12-19/h4-15H,3H2,1-2H3,(H,30,31)/b29-14-/t15-/m1/s1. The molecule has 35 heavy (non-hydrogen) atoms. The first-order valence-corrected chi connectivity index (χ1v) is 11.6. The van der Waals surface area contributed by atoms with Crippen LogP contribution in [0.4, 0.5) is 0 Å². The molecule has 3 aromatic rings. The maximum Gasteiger partial charge on any atom is 0.345 e. The van der Waals surface area contributed by atoms with Crippen LogP contribution in [0.15, 0.2) is 65.8 Å². The number of hydrogen-bond donors (Lipinski definition) is 1. The Hall–Kier alpha value is -3.26. The Balaban J connectivity index is 1.65. The molecule has 10 heteroatoms. The smallest absolute Gasteiger partial charge is 0.345 e. The molecule has 0 heterocycles. The van der Waals surface area contributed by atoms with Crippen LogP contribution in [0.3, 0.4) is 0 Å². The summed E-state index contributed by atoms with van der Waals surface area (Å²) in [4.78, 5) is 24.8. The molecule has 0 saturated heterocycles. The Kier molecular flexibility index (Phi) is 9.37. The van der Waals surface area contributed by atoms with Crippen LogP contribution in [0, 0.1) is 0 Å². The van der Waals surface area contributed by atoms with Crippen molar-refractivity contribution < 1.29 is 23.8 Å². The lowest BCUT2D eigenvalue weighted by molar-refractivity contribution is -0.127. The average Bonchev–Trinajstić information content (AvgIpc) is 2.80. The highest BCUT2D eigenvalue weighted by molar-refractivity contribution is 6.36. The van der Waals surface area contributed by atoms with Crippen molar-refractivity contribution in [1.29, 1.82) is 0 Å². The second kappa shape index (κ2) is 12.4. The molecule has 0 saturated carbocycles. The lowest BCUT2D eigenvalue weighted by Crippen LogP contribution is -2.33. The normalized spacial score (nSPS) is 11.7. The Labute approximate surface area is 217 Å². The van der Waals surface area contributed by atoms with Gasteiger partial charge in [0.25, 0.3) is 5.91 Å². The molecular weight excluding hydrogens is 515 g/mol. The van der Waals surface area contributed by atoms with Gasteiger partial charge in [-0.2, -0.15) is 5.10 Å². The zero-order valence-electron chi connectivity index (χ0n) is 18.8. The molecule has 0 bridgehead atoms. The number of benzene rings is 3. The van der Waals surface area contributed by atoms with E-state index in [0.717, 1.165) is 0 Å². The third-order valence-electron chi connectivity index (χ3n) is 4.49. The van der Waals surface area contributed by atoms with Gasteiger partial charge < -0.3 is 14.2 Å². The van der Waals surface area contributed by atoms with Crippen LogP contribution in [0.5, 0.6) is 17.2 Å². The van der Waals surface area contributed by atoms with Gasteiger partial charge in [0.1, 0.15) is 5.75 Å². The summed E-state index contributed by atoms with van der Waals surface area (Å²) in [7, 11) is 0. The molecule has 7 nitrogen and oxygen atoms in total.